The summed E-state index contributed by atoms with van der Waals surface area (Å²) in [6, 6.07) is 15.3. The van der Waals surface area contributed by atoms with Gasteiger partial charge in [-0.25, -0.2) is 4.21 Å². The zero-order chi connectivity index (χ0) is 25.1. The van der Waals surface area contributed by atoms with Crippen molar-refractivity contribution in [3.05, 3.63) is 71.3 Å². The van der Waals surface area contributed by atoms with Crippen molar-refractivity contribution >= 4 is 28.3 Å². The monoisotopic (exact) mass is 494 g/mol. The number of carbonyl (C=O) groups excluding carboxylic acids is 2. The maximum Gasteiger partial charge on any atom is 0.259 e. The summed E-state index contributed by atoms with van der Waals surface area (Å²) in [6.45, 7) is 2.42. The first-order valence-electron chi connectivity index (χ1n) is 11.0. The van der Waals surface area contributed by atoms with Crippen molar-refractivity contribution in [3.8, 4) is 17.2 Å². The number of rotatable bonds is 7. The number of carbonyl (C=O) groups is 2. The van der Waals surface area contributed by atoms with Crippen LogP contribution in [0.1, 0.15) is 33.2 Å². The molecule has 0 spiro atoms. The molecule has 3 aromatic rings. The lowest BCUT2D eigenvalue weighted by molar-refractivity contribution is 0.0947. The molecule has 4 rings (SSSR count). The summed E-state index contributed by atoms with van der Waals surface area (Å²) in [5, 5.41) is 2.88. The first-order valence-corrected chi connectivity index (χ1v) is 12.1. The molecule has 0 bridgehead atoms. The van der Waals surface area contributed by atoms with Gasteiger partial charge < -0.3 is 24.4 Å². The number of nitrogens with one attached hydrogen (secondary N) is 1. The van der Waals surface area contributed by atoms with E-state index in [1.54, 1.807) is 59.5 Å². The van der Waals surface area contributed by atoms with E-state index in [-0.39, 0.29) is 18.4 Å². The van der Waals surface area contributed by atoms with Gasteiger partial charge in [-0.2, -0.15) is 0 Å². The van der Waals surface area contributed by atoms with Crippen LogP contribution in [0.3, 0.4) is 0 Å². The van der Waals surface area contributed by atoms with E-state index in [2.05, 4.69) is 5.32 Å². The molecular formula is C26H26N2O6S. The molecule has 9 heteroatoms. The molecular weight excluding hydrogens is 468 g/mol. The Bertz CT molecular complexity index is 1300. The van der Waals surface area contributed by atoms with Gasteiger partial charge in [0.2, 0.25) is 5.75 Å². The average Bonchev–Trinajstić information content (AvgIpc) is 2.98. The molecule has 0 radical (unpaired) electrons. The van der Waals surface area contributed by atoms with Gasteiger partial charge in [-0.1, -0.05) is 12.1 Å². The maximum absolute atomic E-state index is 13.3. The minimum atomic E-state index is -1.55. The third-order valence-electron chi connectivity index (χ3n) is 5.77. The van der Waals surface area contributed by atoms with E-state index in [1.165, 1.54) is 21.3 Å². The zero-order valence-corrected chi connectivity index (χ0v) is 20.7. The van der Waals surface area contributed by atoms with Crippen LogP contribution in [0.4, 0.5) is 5.69 Å². The standard InChI is InChI=1S/C26H26N2O6S/c1-5-28-19-14-17(10-11-23(19)35(31)22-9-7-6-8-18(22)26(28)30)25(29)27-15-16-12-20(32-2)24(34-4)21(13-16)33-3/h6-14H,5,15H2,1-4H3,(H,27,29). The fraction of sp³-hybridized carbons (Fsp3) is 0.231. The number of nitrogens with zero attached hydrogens (tertiary/aromatic N) is 1. The molecule has 8 nitrogen and oxygen atoms in total. The molecule has 0 fully saturated rings. The van der Waals surface area contributed by atoms with Gasteiger partial charge in [0.1, 0.15) is 0 Å². The number of anilines is 1. The van der Waals surface area contributed by atoms with Gasteiger partial charge in [0, 0.05) is 18.7 Å². The van der Waals surface area contributed by atoms with Gasteiger partial charge in [0.25, 0.3) is 11.8 Å². The van der Waals surface area contributed by atoms with Crippen LogP contribution in [0.2, 0.25) is 0 Å². The van der Waals surface area contributed by atoms with Crippen LogP contribution < -0.4 is 24.4 Å². The Morgan fingerprint density at radius 3 is 2.26 bits per heavy atom. The summed E-state index contributed by atoms with van der Waals surface area (Å²) in [6.07, 6.45) is 0. The summed E-state index contributed by atoms with van der Waals surface area (Å²) in [4.78, 5) is 28.7. The van der Waals surface area contributed by atoms with E-state index in [9.17, 15) is 13.8 Å². The van der Waals surface area contributed by atoms with E-state index in [0.717, 1.165) is 5.56 Å². The average molecular weight is 495 g/mol. The van der Waals surface area contributed by atoms with Crippen molar-refractivity contribution in [3.63, 3.8) is 0 Å². The summed E-state index contributed by atoms with van der Waals surface area (Å²) in [5.41, 5.74) is 1.97. The smallest absolute Gasteiger partial charge is 0.259 e. The Morgan fingerprint density at radius 2 is 1.63 bits per heavy atom. The van der Waals surface area contributed by atoms with Crippen molar-refractivity contribution < 1.29 is 28.0 Å². The van der Waals surface area contributed by atoms with E-state index in [4.69, 9.17) is 14.2 Å². The normalized spacial score (nSPS) is 14.5. The van der Waals surface area contributed by atoms with Gasteiger partial charge in [-0.15, -0.1) is 0 Å². The fourth-order valence-corrected chi connectivity index (χ4v) is 5.39. The van der Waals surface area contributed by atoms with E-state index in [0.29, 0.717) is 50.4 Å². The van der Waals surface area contributed by atoms with Gasteiger partial charge in [-0.3, -0.25) is 9.59 Å². The maximum atomic E-state index is 13.3. The number of benzene rings is 3. The Balaban J connectivity index is 1.62. The van der Waals surface area contributed by atoms with Crippen LogP contribution in [0, 0.1) is 0 Å². The molecule has 1 atom stereocenters. The van der Waals surface area contributed by atoms with Crippen LogP contribution in [0.5, 0.6) is 17.2 Å². The Labute approximate surface area is 206 Å². The van der Waals surface area contributed by atoms with Gasteiger partial charge in [-0.05, 0) is 55.0 Å². The van der Waals surface area contributed by atoms with Gasteiger partial charge in [0.15, 0.2) is 11.5 Å². The first-order chi connectivity index (χ1) is 16.9. The lowest BCUT2D eigenvalue weighted by Gasteiger charge is -2.21. The molecule has 1 aliphatic heterocycles. The van der Waals surface area contributed by atoms with Crippen LogP contribution in [-0.2, 0) is 17.3 Å². The molecule has 1 unspecified atom stereocenters. The number of hydrogen-bond donors (Lipinski definition) is 1. The lowest BCUT2D eigenvalue weighted by Crippen LogP contribution is -2.31. The van der Waals surface area contributed by atoms with E-state index < -0.39 is 10.8 Å². The Kier molecular flexibility index (Phi) is 7.07. The number of methoxy groups -OCH3 is 3. The predicted octanol–water partition coefficient (Wildman–Crippen LogP) is 3.79. The van der Waals surface area contributed by atoms with Crippen molar-refractivity contribution in [2.75, 3.05) is 32.8 Å². The lowest BCUT2D eigenvalue weighted by atomic mass is 10.1. The van der Waals surface area contributed by atoms with E-state index >= 15 is 0 Å². The molecule has 0 aliphatic carbocycles. The minimum Gasteiger partial charge on any atom is -0.493 e. The summed E-state index contributed by atoms with van der Waals surface area (Å²) >= 11 is 0. The highest BCUT2D eigenvalue weighted by molar-refractivity contribution is 7.85. The topological polar surface area (TPSA) is 94.2 Å². The molecule has 182 valence electrons. The molecule has 2 amide bonds. The molecule has 35 heavy (non-hydrogen) atoms. The third kappa shape index (κ3) is 4.46. The van der Waals surface area contributed by atoms with E-state index in [1.807, 2.05) is 6.92 Å². The Morgan fingerprint density at radius 1 is 0.943 bits per heavy atom. The second-order valence-corrected chi connectivity index (χ2v) is 9.13. The van der Waals surface area contributed by atoms with Crippen molar-refractivity contribution in [1.29, 1.82) is 0 Å². The molecule has 1 N–H and O–H groups in total. The number of fused-ring (bicyclic) bond motifs is 2. The zero-order valence-electron chi connectivity index (χ0n) is 19.9. The second-order valence-electron chi connectivity index (χ2n) is 7.71. The Hall–Kier alpha value is -3.85. The predicted molar refractivity (Wildman–Crippen MR) is 132 cm³/mol. The third-order valence-corrected chi connectivity index (χ3v) is 7.27. The molecule has 0 aromatic heterocycles. The summed E-state index contributed by atoms with van der Waals surface area (Å²) < 4.78 is 29.4. The largest absolute Gasteiger partial charge is 0.493 e. The van der Waals surface area contributed by atoms with Gasteiger partial charge >= 0.3 is 0 Å². The summed E-state index contributed by atoms with van der Waals surface area (Å²) in [5.74, 6) is 0.859. The molecule has 1 heterocycles. The first kappa shape index (κ1) is 24.3. The van der Waals surface area contributed by atoms with Crippen molar-refractivity contribution in [2.45, 2.75) is 23.3 Å². The van der Waals surface area contributed by atoms with Crippen molar-refractivity contribution in [1.82, 2.24) is 5.32 Å². The molecule has 0 saturated carbocycles. The number of hydrogen-bond acceptors (Lipinski definition) is 6. The number of ether oxygens (including phenoxy) is 3. The highest BCUT2D eigenvalue weighted by atomic mass is 32.2. The fourth-order valence-electron chi connectivity index (χ4n) is 4.04. The van der Waals surface area contributed by atoms with Crippen molar-refractivity contribution in [2.24, 2.45) is 0 Å². The highest BCUT2D eigenvalue weighted by Gasteiger charge is 2.30. The van der Waals surface area contributed by atoms with Gasteiger partial charge in [0.05, 0.1) is 53.2 Å². The SMILES string of the molecule is CCN1C(=O)c2ccccc2S(=O)c2ccc(C(=O)NCc3cc(OC)c(OC)c(OC)c3)cc21. The molecule has 3 aromatic carbocycles. The van der Waals surface area contributed by atoms with Crippen LogP contribution >= 0.6 is 0 Å². The highest BCUT2D eigenvalue weighted by Crippen LogP contribution is 2.38. The molecule has 0 saturated heterocycles. The quantitative estimate of drug-likeness (QED) is 0.537. The summed E-state index contributed by atoms with van der Waals surface area (Å²) in [7, 11) is 3.03. The second kappa shape index (κ2) is 10.2. The molecule has 1 aliphatic rings. The van der Waals surface area contributed by atoms with Crippen LogP contribution in [0.25, 0.3) is 0 Å². The van der Waals surface area contributed by atoms with Crippen LogP contribution in [0.15, 0.2) is 64.4 Å². The minimum absolute atomic E-state index is 0.209. The number of amides is 2. The van der Waals surface area contributed by atoms with Crippen LogP contribution in [-0.4, -0.2) is 43.9 Å².